The maximum absolute atomic E-state index is 5.27. The van der Waals surface area contributed by atoms with Crippen LogP contribution in [0.5, 0.6) is 0 Å². The highest BCUT2D eigenvalue weighted by Gasteiger charge is 2.00. The molecule has 0 aliphatic rings. The van der Waals surface area contributed by atoms with Gasteiger partial charge in [-0.1, -0.05) is 5.92 Å². The van der Waals surface area contributed by atoms with Crippen molar-refractivity contribution in [3.8, 4) is 22.8 Å². The van der Waals surface area contributed by atoms with E-state index in [-0.39, 0.29) is 0 Å². The van der Waals surface area contributed by atoms with E-state index in [2.05, 4.69) is 15.9 Å². The van der Waals surface area contributed by atoms with Crippen molar-refractivity contribution in [2.45, 2.75) is 0 Å². The minimum atomic E-state index is 0.929. The Labute approximate surface area is 80.3 Å². The Balaban J connectivity index is 2.43. The molecular formula is C10H6N2S. The summed E-state index contributed by atoms with van der Waals surface area (Å²) in [6.07, 6.45) is 10.3. The van der Waals surface area contributed by atoms with Gasteiger partial charge >= 0.3 is 0 Å². The molecule has 2 nitrogen and oxygen atoms in total. The van der Waals surface area contributed by atoms with Crippen LogP contribution in [0.1, 0.15) is 4.88 Å². The molecule has 3 heteroatoms. The van der Waals surface area contributed by atoms with E-state index in [9.17, 15) is 0 Å². The van der Waals surface area contributed by atoms with Crippen LogP contribution in [0.25, 0.3) is 10.4 Å². The van der Waals surface area contributed by atoms with E-state index in [0.717, 1.165) is 15.3 Å². The van der Waals surface area contributed by atoms with E-state index in [1.54, 1.807) is 23.7 Å². The number of terminal acetylenes is 1. The smallest absolute Gasteiger partial charge is 0.115 e. The SMILES string of the molecule is C#Cc1ccc(-c2cncnc2)s1. The van der Waals surface area contributed by atoms with Gasteiger partial charge in [-0.3, -0.25) is 0 Å². The molecule has 0 N–H and O–H groups in total. The van der Waals surface area contributed by atoms with Crippen molar-refractivity contribution in [1.82, 2.24) is 9.97 Å². The Morgan fingerprint density at radius 2 is 2.00 bits per heavy atom. The summed E-state index contributed by atoms with van der Waals surface area (Å²) in [5, 5.41) is 0. The molecule has 0 aliphatic heterocycles. The van der Waals surface area contributed by atoms with Gasteiger partial charge in [-0.2, -0.15) is 0 Å². The molecule has 2 rings (SSSR count). The Bertz CT molecular complexity index is 439. The first-order chi connectivity index (χ1) is 6.40. The maximum Gasteiger partial charge on any atom is 0.115 e. The number of hydrogen-bond donors (Lipinski definition) is 0. The predicted molar refractivity (Wildman–Crippen MR) is 53.3 cm³/mol. The van der Waals surface area contributed by atoms with Crippen molar-refractivity contribution in [3.05, 3.63) is 35.7 Å². The molecule has 0 spiro atoms. The van der Waals surface area contributed by atoms with Crippen molar-refractivity contribution < 1.29 is 0 Å². The van der Waals surface area contributed by atoms with Gasteiger partial charge in [-0.05, 0) is 12.1 Å². The lowest BCUT2D eigenvalue weighted by atomic mass is 10.3. The summed E-state index contributed by atoms with van der Waals surface area (Å²) in [6, 6.07) is 3.91. The Morgan fingerprint density at radius 3 is 2.62 bits per heavy atom. The zero-order valence-corrected chi connectivity index (χ0v) is 7.58. The van der Waals surface area contributed by atoms with Gasteiger partial charge in [0.15, 0.2) is 0 Å². The Kier molecular flexibility index (Phi) is 2.07. The molecule has 0 saturated heterocycles. The number of thiophene rings is 1. The summed E-state index contributed by atoms with van der Waals surface area (Å²) in [7, 11) is 0. The second-order valence-corrected chi connectivity index (χ2v) is 3.52. The van der Waals surface area contributed by atoms with Crippen LogP contribution < -0.4 is 0 Å². The lowest BCUT2D eigenvalue weighted by Gasteiger charge is -1.92. The fourth-order valence-electron chi connectivity index (χ4n) is 0.997. The maximum atomic E-state index is 5.27. The van der Waals surface area contributed by atoms with Crippen molar-refractivity contribution in [2.24, 2.45) is 0 Å². The van der Waals surface area contributed by atoms with Gasteiger partial charge in [0.2, 0.25) is 0 Å². The van der Waals surface area contributed by atoms with Gasteiger partial charge in [-0.15, -0.1) is 17.8 Å². The molecule has 2 aromatic rings. The summed E-state index contributed by atoms with van der Waals surface area (Å²) >= 11 is 1.57. The summed E-state index contributed by atoms with van der Waals surface area (Å²) in [6.45, 7) is 0. The zero-order chi connectivity index (χ0) is 9.10. The van der Waals surface area contributed by atoms with E-state index in [1.807, 2.05) is 12.1 Å². The summed E-state index contributed by atoms with van der Waals surface area (Å²) < 4.78 is 0. The monoisotopic (exact) mass is 186 g/mol. The quantitative estimate of drug-likeness (QED) is 0.638. The van der Waals surface area contributed by atoms with E-state index < -0.39 is 0 Å². The highest BCUT2D eigenvalue weighted by Crippen LogP contribution is 2.25. The van der Waals surface area contributed by atoms with Crippen LogP contribution in [-0.4, -0.2) is 9.97 Å². The summed E-state index contributed by atoms with van der Waals surface area (Å²) in [5.41, 5.74) is 1.01. The molecule has 0 unspecified atom stereocenters. The molecule has 0 aromatic carbocycles. The van der Waals surface area contributed by atoms with Gasteiger partial charge in [0, 0.05) is 22.8 Å². The van der Waals surface area contributed by atoms with Crippen LogP contribution >= 0.6 is 11.3 Å². The lowest BCUT2D eigenvalue weighted by Crippen LogP contribution is -1.77. The molecule has 0 fully saturated rings. The summed E-state index contributed by atoms with van der Waals surface area (Å²) in [4.78, 5) is 9.91. The average Bonchev–Trinajstić information content (AvgIpc) is 2.67. The van der Waals surface area contributed by atoms with Crippen LogP contribution in [-0.2, 0) is 0 Å². The molecular weight excluding hydrogens is 180 g/mol. The van der Waals surface area contributed by atoms with Crippen LogP contribution in [0, 0.1) is 12.3 Å². The third kappa shape index (κ3) is 1.58. The molecule has 0 atom stereocenters. The molecule has 0 bridgehead atoms. The zero-order valence-electron chi connectivity index (χ0n) is 6.77. The predicted octanol–water partition coefficient (Wildman–Crippen LogP) is 2.19. The van der Waals surface area contributed by atoms with Gasteiger partial charge in [-0.25, -0.2) is 9.97 Å². The van der Waals surface area contributed by atoms with Crippen molar-refractivity contribution >= 4 is 11.3 Å². The molecule has 2 aromatic heterocycles. The van der Waals surface area contributed by atoms with Gasteiger partial charge < -0.3 is 0 Å². The lowest BCUT2D eigenvalue weighted by molar-refractivity contribution is 1.17. The third-order valence-corrected chi connectivity index (χ3v) is 2.66. The van der Waals surface area contributed by atoms with E-state index in [0.29, 0.717) is 0 Å². The van der Waals surface area contributed by atoms with E-state index in [1.165, 1.54) is 6.33 Å². The molecule has 2 heterocycles. The number of hydrogen-bond acceptors (Lipinski definition) is 3. The fraction of sp³-hybridized carbons (Fsp3) is 0. The highest BCUT2D eigenvalue weighted by molar-refractivity contribution is 7.16. The standard InChI is InChI=1S/C10H6N2S/c1-2-9-3-4-10(13-9)8-5-11-7-12-6-8/h1,3-7H. The van der Waals surface area contributed by atoms with Crippen LogP contribution in [0.4, 0.5) is 0 Å². The second-order valence-electron chi connectivity index (χ2n) is 2.44. The minimum Gasteiger partial charge on any atom is -0.244 e. The molecule has 0 radical (unpaired) electrons. The van der Waals surface area contributed by atoms with Gasteiger partial charge in [0.05, 0.1) is 4.88 Å². The van der Waals surface area contributed by atoms with E-state index in [4.69, 9.17) is 6.42 Å². The number of rotatable bonds is 1. The largest absolute Gasteiger partial charge is 0.244 e. The van der Waals surface area contributed by atoms with Crippen molar-refractivity contribution in [3.63, 3.8) is 0 Å². The van der Waals surface area contributed by atoms with Gasteiger partial charge in [0.25, 0.3) is 0 Å². The van der Waals surface area contributed by atoms with Crippen LogP contribution in [0.2, 0.25) is 0 Å². The Morgan fingerprint density at radius 1 is 1.23 bits per heavy atom. The van der Waals surface area contributed by atoms with Gasteiger partial charge in [0.1, 0.15) is 6.33 Å². The van der Waals surface area contributed by atoms with Crippen LogP contribution in [0.3, 0.4) is 0 Å². The number of nitrogens with zero attached hydrogens (tertiary/aromatic N) is 2. The molecule has 62 valence electrons. The first kappa shape index (κ1) is 7.96. The van der Waals surface area contributed by atoms with Crippen molar-refractivity contribution in [2.75, 3.05) is 0 Å². The normalized spacial score (nSPS) is 9.46. The minimum absolute atomic E-state index is 0.929. The second kappa shape index (κ2) is 3.38. The van der Waals surface area contributed by atoms with Crippen molar-refractivity contribution in [1.29, 1.82) is 0 Å². The molecule has 0 saturated carbocycles. The average molecular weight is 186 g/mol. The topological polar surface area (TPSA) is 25.8 Å². The molecule has 0 aliphatic carbocycles. The fourth-order valence-corrected chi connectivity index (χ4v) is 1.79. The first-order valence-corrected chi connectivity index (χ1v) is 4.53. The summed E-state index contributed by atoms with van der Waals surface area (Å²) in [5.74, 6) is 2.59. The number of aromatic nitrogens is 2. The third-order valence-electron chi connectivity index (χ3n) is 1.59. The highest BCUT2D eigenvalue weighted by atomic mass is 32.1. The molecule has 0 amide bonds. The first-order valence-electron chi connectivity index (χ1n) is 3.72. The van der Waals surface area contributed by atoms with Crippen LogP contribution in [0.15, 0.2) is 30.9 Å². The Hall–Kier alpha value is -1.66. The van der Waals surface area contributed by atoms with E-state index >= 15 is 0 Å². The molecule has 13 heavy (non-hydrogen) atoms.